The molecule has 0 radical (unpaired) electrons. The van der Waals surface area contributed by atoms with Crippen LogP contribution in [0.15, 0.2) is 42.5 Å². The Kier molecular flexibility index (Phi) is 4.13. The molecular weight excluding hydrogens is 236 g/mol. The van der Waals surface area contributed by atoms with Crippen LogP contribution >= 0.6 is 0 Å². The molecule has 0 aliphatic carbocycles. The molecule has 0 heterocycles. The van der Waals surface area contributed by atoms with Crippen LogP contribution in [0.5, 0.6) is 0 Å². The van der Waals surface area contributed by atoms with Crippen LogP contribution in [0.2, 0.25) is 0 Å². The van der Waals surface area contributed by atoms with Gasteiger partial charge in [0.25, 0.3) is 0 Å². The number of methoxy groups -OCH3 is 1. The van der Waals surface area contributed by atoms with Crippen LogP contribution in [0.25, 0.3) is 11.1 Å². The molecule has 0 aromatic heterocycles. The zero-order valence-corrected chi connectivity index (χ0v) is 11.6. The fourth-order valence-electron chi connectivity index (χ4n) is 2.10. The highest BCUT2D eigenvalue weighted by molar-refractivity contribution is 5.95. The number of carbonyl (C=O) groups excluding carboxylic acids is 1. The molecule has 19 heavy (non-hydrogen) atoms. The number of ketones is 1. The summed E-state index contributed by atoms with van der Waals surface area (Å²) >= 11 is 0. The number of rotatable bonds is 4. The quantitative estimate of drug-likeness (QED) is 0.770. The predicted molar refractivity (Wildman–Crippen MR) is 77.3 cm³/mol. The van der Waals surface area contributed by atoms with Crippen molar-refractivity contribution in [3.8, 4) is 11.1 Å². The average molecular weight is 254 g/mol. The lowest BCUT2D eigenvalue weighted by molar-refractivity contribution is 0.101. The van der Waals surface area contributed by atoms with Gasteiger partial charge in [0.15, 0.2) is 5.78 Å². The second-order valence-electron chi connectivity index (χ2n) is 4.73. The Morgan fingerprint density at radius 2 is 1.79 bits per heavy atom. The molecule has 2 rings (SSSR count). The van der Waals surface area contributed by atoms with E-state index in [4.69, 9.17) is 4.74 Å². The lowest BCUT2D eigenvalue weighted by atomic mass is 9.96. The van der Waals surface area contributed by atoms with Crippen molar-refractivity contribution in [2.75, 3.05) is 7.11 Å². The fraction of sp³-hybridized carbons (Fsp3) is 0.235. The van der Waals surface area contributed by atoms with Crippen molar-refractivity contribution in [1.29, 1.82) is 0 Å². The molecule has 0 atom stereocenters. The molecule has 0 unspecified atom stereocenters. The summed E-state index contributed by atoms with van der Waals surface area (Å²) in [5.41, 5.74) is 5.26. The first kappa shape index (κ1) is 13.5. The molecule has 0 N–H and O–H groups in total. The number of hydrogen-bond acceptors (Lipinski definition) is 2. The number of aryl methyl sites for hydroxylation is 1. The Balaban J connectivity index is 2.49. The molecule has 2 aromatic rings. The van der Waals surface area contributed by atoms with Crippen molar-refractivity contribution in [2.45, 2.75) is 20.5 Å². The Morgan fingerprint density at radius 1 is 1.11 bits per heavy atom. The largest absolute Gasteiger partial charge is 0.380 e. The molecule has 0 fully saturated rings. The van der Waals surface area contributed by atoms with E-state index in [1.807, 2.05) is 18.2 Å². The third-order valence-corrected chi connectivity index (χ3v) is 3.17. The van der Waals surface area contributed by atoms with Crippen molar-refractivity contribution in [1.82, 2.24) is 0 Å². The molecule has 0 amide bonds. The highest BCUT2D eigenvalue weighted by Crippen LogP contribution is 2.26. The SMILES string of the molecule is COCc1cc(C(C)=O)ccc1-c1ccc(C)cc1. The number of hydrogen-bond donors (Lipinski definition) is 0. The van der Waals surface area contributed by atoms with Gasteiger partial charge in [0, 0.05) is 12.7 Å². The first-order valence-electron chi connectivity index (χ1n) is 6.31. The number of Topliss-reactive ketones (excluding diaryl/α,β-unsaturated/α-hetero) is 1. The third-order valence-electron chi connectivity index (χ3n) is 3.17. The number of ether oxygens (including phenoxy) is 1. The lowest BCUT2D eigenvalue weighted by Gasteiger charge is -2.11. The molecule has 0 saturated heterocycles. The third kappa shape index (κ3) is 3.09. The van der Waals surface area contributed by atoms with E-state index in [9.17, 15) is 4.79 Å². The van der Waals surface area contributed by atoms with Gasteiger partial charge in [-0.05, 0) is 36.6 Å². The Bertz CT molecular complexity index is 583. The van der Waals surface area contributed by atoms with Gasteiger partial charge in [-0.1, -0.05) is 42.0 Å². The van der Waals surface area contributed by atoms with Crippen molar-refractivity contribution < 1.29 is 9.53 Å². The second kappa shape index (κ2) is 5.81. The van der Waals surface area contributed by atoms with Gasteiger partial charge in [-0.2, -0.15) is 0 Å². The van der Waals surface area contributed by atoms with Crippen molar-refractivity contribution in [2.24, 2.45) is 0 Å². The van der Waals surface area contributed by atoms with Gasteiger partial charge in [-0.25, -0.2) is 0 Å². The summed E-state index contributed by atoms with van der Waals surface area (Å²) in [5.74, 6) is 0.0767. The van der Waals surface area contributed by atoms with Crippen LogP contribution < -0.4 is 0 Å². The molecule has 2 nitrogen and oxygen atoms in total. The average Bonchev–Trinajstić information content (AvgIpc) is 2.40. The summed E-state index contributed by atoms with van der Waals surface area (Å²) in [6, 6.07) is 14.2. The second-order valence-corrected chi connectivity index (χ2v) is 4.73. The van der Waals surface area contributed by atoms with Crippen LogP contribution in [0.4, 0.5) is 0 Å². The minimum Gasteiger partial charge on any atom is -0.380 e. The van der Waals surface area contributed by atoms with E-state index in [-0.39, 0.29) is 5.78 Å². The van der Waals surface area contributed by atoms with Crippen molar-refractivity contribution in [3.63, 3.8) is 0 Å². The Morgan fingerprint density at radius 3 is 2.37 bits per heavy atom. The summed E-state index contributed by atoms with van der Waals surface area (Å²) in [5, 5.41) is 0. The monoisotopic (exact) mass is 254 g/mol. The van der Waals surface area contributed by atoms with Gasteiger partial charge in [-0.15, -0.1) is 0 Å². The van der Waals surface area contributed by atoms with Gasteiger partial charge in [0.2, 0.25) is 0 Å². The maximum atomic E-state index is 11.5. The van der Waals surface area contributed by atoms with E-state index in [1.54, 1.807) is 14.0 Å². The Labute approximate surface area is 114 Å². The van der Waals surface area contributed by atoms with Crippen LogP contribution in [-0.4, -0.2) is 12.9 Å². The molecule has 0 aliphatic rings. The molecule has 0 spiro atoms. The summed E-state index contributed by atoms with van der Waals surface area (Å²) < 4.78 is 5.24. The van der Waals surface area contributed by atoms with Crippen molar-refractivity contribution in [3.05, 3.63) is 59.2 Å². The molecule has 2 aromatic carbocycles. The standard InChI is InChI=1S/C17H18O2/c1-12-4-6-14(7-5-12)17-9-8-15(13(2)18)10-16(17)11-19-3/h4-10H,11H2,1-3H3. The zero-order valence-electron chi connectivity index (χ0n) is 11.6. The maximum Gasteiger partial charge on any atom is 0.159 e. The van der Waals surface area contributed by atoms with Crippen LogP contribution in [0.1, 0.15) is 28.4 Å². The summed E-state index contributed by atoms with van der Waals surface area (Å²) in [6.45, 7) is 4.15. The van der Waals surface area contributed by atoms with Gasteiger partial charge < -0.3 is 4.74 Å². The first-order chi connectivity index (χ1) is 9.11. The van der Waals surface area contributed by atoms with Gasteiger partial charge in [0.1, 0.15) is 0 Å². The molecule has 98 valence electrons. The van der Waals surface area contributed by atoms with Crippen molar-refractivity contribution >= 4 is 5.78 Å². The van der Waals surface area contributed by atoms with Crippen LogP contribution in [-0.2, 0) is 11.3 Å². The topological polar surface area (TPSA) is 26.3 Å². The van der Waals surface area contributed by atoms with Gasteiger partial charge >= 0.3 is 0 Å². The smallest absolute Gasteiger partial charge is 0.159 e. The minimum absolute atomic E-state index is 0.0767. The van der Waals surface area contributed by atoms with Gasteiger partial charge in [0.05, 0.1) is 6.61 Å². The normalized spacial score (nSPS) is 10.5. The van der Waals surface area contributed by atoms with Gasteiger partial charge in [-0.3, -0.25) is 4.79 Å². The minimum atomic E-state index is 0.0767. The van der Waals surface area contributed by atoms with E-state index >= 15 is 0 Å². The lowest BCUT2D eigenvalue weighted by Crippen LogP contribution is -1.98. The first-order valence-corrected chi connectivity index (χ1v) is 6.31. The number of carbonyl (C=O) groups is 1. The molecule has 2 heteroatoms. The van der Waals surface area contributed by atoms with Crippen LogP contribution in [0, 0.1) is 6.92 Å². The summed E-state index contributed by atoms with van der Waals surface area (Å²) in [7, 11) is 1.67. The summed E-state index contributed by atoms with van der Waals surface area (Å²) in [6.07, 6.45) is 0. The van der Waals surface area contributed by atoms with E-state index in [0.29, 0.717) is 6.61 Å². The Hall–Kier alpha value is -1.93. The maximum absolute atomic E-state index is 11.5. The van der Waals surface area contributed by atoms with E-state index < -0.39 is 0 Å². The van der Waals surface area contributed by atoms with E-state index in [2.05, 4.69) is 31.2 Å². The molecule has 0 bridgehead atoms. The summed E-state index contributed by atoms with van der Waals surface area (Å²) in [4.78, 5) is 11.5. The fourth-order valence-corrected chi connectivity index (χ4v) is 2.10. The molecular formula is C17H18O2. The van der Waals surface area contributed by atoms with Crippen LogP contribution in [0.3, 0.4) is 0 Å². The molecule has 0 aliphatic heterocycles. The predicted octanol–water partition coefficient (Wildman–Crippen LogP) is 4.01. The number of benzene rings is 2. The highest BCUT2D eigenvalue weighted by atomic mass is 16.5. The highest BCUT2D eigenvalue weighted by Gasteiger charge is 2.08. The van der Waals surface area contributed by atoms with E-state index in [0.717, 1.165) is 22.3 Å². The van der Waals surface area contributed by atoms with E-state index in [1.165, 1.54) is 5.56 Å². The molecule has 0 saturated carbocycles. The zero-order chi connectivity index (χ0) is 13.8.